The van der Waals surface area contributed by atoms with Gasteiger partial charge in [-0.3, -0.25) is 9.59 Å². The van der Waals surface area contributed by atoms with Gasteiger partial charge in [-0.25, -0.2) is 0 Å². The van der Waals surface area contributed by atoms with E-state index in [9.17, 15) is 9.59 Å². The second-order valence-corrected chi connectivity index (χ2v) is 7.62. The van der Waals surface area contributed by atoms with E-state index in [0.717, 1.165) is 18.4 Å². The standard InChI is InChI=1S/C22H25ClN2O3/c1-16(25-21(27)17-5-3-2-4-6-17)20(26)24-15-22(11-13-28-14-12-22)18-7-9-19(23)10-8-18/h2-10,16H,11-15H2,1H3,(H,24,26)(H,25,27). The summed E-state index contributed by atoms with van der Waals surface area (Å²) < 4.78 is 5.53. The number of nitrogens with one attached hydrogen (secondary N) is 2. The first-order chi connectivity index (χ1) is 13.5. The molecule has 28 heavy (non-hydrogen) atoms. The van der Waals surface area contributed by atoms with Gasteiger partial charge >= 0.3 is 0 Å². The number of hydrogen-bond acceptors (Lipinski definition) is 3. The molecule has 2 amide bonds. The van der Waals surface area contributed by atoms with Crippen LogP contribution in [0, 0.1) is 0 Å². The summed E-state index contributed by atoms with van der Waals surface area (Å²) in [6, 6.07) is 16.0. The molecule has 0 bridgehead atoms. The Morgan fingerprint density at radius 1 is 1.07 bits per heavy atom. The first-order valence-corrected chi connectivity index (χ1v) is 9.85. The average Bonchev–Trinajstić information content (AvgIpc) is 2.73. The molecule has 0 radical (unpaired) electrons. The summed E-state index contributed by atoms with van der Waals surface area (Å²) in [5.41, 5.74) is 1.48. The highest BCUT2D eigenvalue weighted by Gasteiger charge is 2.35. The lowest BCUT2D eigenvalue weighted by atomic mass is 9.74. The lowest BCUT2D eigenvalue weighted by Gasteiger charge is -2.38. The van der Waals surface area contributed by atoms with Crippen molar-refractivity contribution in [1.82, 2.24) is 10.6 Å². The normalized spacial score (nSPS) is 16.8. The van der Waals surface area contributed by atoms with Gasteiger partial charge in [0.15, 0.2) is 0 Å². The van der Waals surface area contributed by atoms with Crippen LogP contribution in [0.1, 0.15) is 35.7 Å². The van der Waals surface area contributed by atoms with E-state index in [1.54, 1.807) is 31.2 Å². The molecule has 0 spiro atoms. The zero-order valence-electron chi connectivity index (χ0n) is 15.9. The van der Waals surface area contributed by atoms with Crippen molar-refractivity contribution in [1.29, 1.82) is 0 Å². The van der Waals surface area contributed by atoms with Gasteiger partial charge < -0.3 is 15.4 Å². The largest absolute Gasteiger partial charge is 0.381 e. The summed E-state index contributed by atoms with van der Waals surface area (Å²) in [5.74, 6) is -0.467. The molecule has 6 heteroatoms. The number of halogens is 1. The van der Waals surface area contributed by atoms with E-state index < -0.39 is 6.04 Å². The van der Waals surface area contributed by atoms with E-state index in [1.807, 2.05) is 30.3 Å². The van der Waals surface area contributed by atoms with Gasteiger partial charge in [-0.2, -0.15) is 0 Å². The van der Waals surface area contributed by atoms with Crippen LogP contribution < -0.4 is 10.6 Å². The molecule has 148 valence electrons. The SMILES string of the molecule is CC(NC(=O)c1ccccc1)C(=O)NCC1(c2ccc(Cl)cc2)CCOCC1. The van der Waals surface area contributed by atoms with Crippen LogP contribution in [0.5, 0.6) is 0 Å². The van der Waals surface area contributed by atoms with Crippen molar-refractivity contribution in [2.75, 3.05) is 19.8 Å². The first kappa shape index (κ1) is 20.4. The van der Waals surface area contributed by atoms with Crippen LogP contribution >= 0.6 is 11.6 Å². The minimum Gasteiger partial charge on any atom is -0.381 e. The molecule has 2 aromatic rings. The highest BCUT2D eigenvalue weighted by atomic mass is 35.5. The van der Waals surface area contributed by atoms with E-state index in [1.165, 1.54) is 0 Å². The smallest absolute Gasteiger partial charge is 0.251 e. The number of ether oxygens (including phenoxy) is 1. The summed E-state index contributed by atoms with van der Waals surface area (Å²) in [7, 11) is 0. The van der Waals surface area contributed by atoms with Crippen molar-refractivity contribution >= 4 is 23.4 Å². The second-order valence-electron chi connectivity index (χ2n) is 7.18. The fourth-order valence-corrected chi connectivity index (χ4v) is 3.60. The number of hydrogen-bond donors (Lipinski definition) is 2. The summed E-state index contributed by atoms with van der Waals surface area (Å²) in [5, 5.41) is 6.46. The van der Waals surface area contributed by atoms with Crippen molar-refractivity contribution in [2.24, 2.45) is 0 Å². The van der Waals surface area contributed by atoms with E-state index in [2.05, 4.69) is 10.6 Å². The molecular weight excluding hydrogens is 376 g/mol. The van der Waals surface area contributed by atoms with Gasteiger partial charge in [0.1, 0.15) is 6.04 Å². The van der Waals surface area contributed by atoms with Gasteiger partial charge in [-0.15, -0.1) is 0 Å². The molecule has 1 heterocycles. The van der Waals surface area contributed by atoms with Crippen molar-refractivity contribution in [3.63, 3.8) is 0 Å². The third-order valence-electron chi connectivity index (χ3n) is 5.28. The summed E-state index contributed by atoms with van der Waals surface area (Å²) >= 11 is 6.03. The molecule has 0 aliphatic carbocycles. The molecule has 1 atom stereocenters. The van der Waals surface area contributed by atoms with E-state index in [0.29, 0.717) is 30.3 Å². The maximum atomic E-state index is 12.6. The monoisotopic (exact) mass is 400 g/mol. The van der Waals surface area contributed by atoms with Gasteiger partial charge in [0, 0.05) is 35.8 Å². The Kier molecular flexibility index (Phi) is 6.70. The van der Waals surface area contributed by atoms with E-state index in [4.69, 9.17) is 16.3 Å². The second kappa shape index (κ2) is 9.22. The Morgan fingerprint density at radius 3 is 2.36 bits per heavy atom. The maximum absolute atomic E-state index is 12.6. The minimum atomic E-state index is -0.630. The molecule has 1 unspecified atom stereocenters. The molecule has 1 aliphatic rings. The van der Waals surface area contributed by atoms with Crippen LogP contribution in [-0.4, -0.2) is 37.6 Å². The molecule has 5 nitrogen and oxygen atoms in total. The Bertz CT molecular complexity index is 802. The van der Waals surface area contributed by atoms with Crippen LogP contribution in [0.25, 0.3) is 0 Å². The van der Waals surface area contributed by atoms with Crippen molar-refractivity contribution < 1.29 is 14.3 Å². The minimum absolute atomic E-state index is 0.193. The van der Waals surface area contributed by atoms with E-state index in [-0.39, 0.29) is 17.2 Å². The van der Waals surface area contributed by atoms with Gasteiger partial charge in [0.25, 0.3) is 5.91 Å². The lowest BCUT2D eigenvalue weighted by molar-refractivity contribution is -0.123. The number of benzene rings is 2. The van der Waals surface area contributed by atoms with Crippen LogP contribution in [0.15, 0.2) is 54.6 Å². The van der Waals surface area contributed by atoms with Crippen LogP contribution in [0.3, 0.4) is 0 Å². The third kappa shape index (κ3) is 4.91. The summed E-state index contributed by atoms with van der Waals surface area (Å²) in [6.07, 6.45) is 1.64. The zero-order valence-corrected chi connectivity index (χ0v) is 16.7. The number of carbonyl (C=O) groups is 2. The van der Waals surface area contributed by atoms with Crippen LogP contribution in [0.4, 0.5) is 0 Å². The quantitative estimate of drug-likeness (QED) is 0.781. The fourth-order valence-electron chi connectivity index (χ4n) is 3.48. The molecule has 2 aromatic carbocycles. The van der Waals surface area contributed by atoms with Crippen molar-refractivity contribution in [3.8, 4) is 0 Å². The fraction of sp³-hybridized carbons (Fsp3) is 0.364. The predicted octanol–water partition coefficient (Wildman–Crippen LogP) is 3.32. The van der Waals surface area contributed by atoms with Crippen molar-refractivity contribution in [3.05, 3.63) is 70.7 Å². The van der Waals surface area contributed by atoms with Crippen LogP contribution in [0.2, 0.25) is 5.02 Å². The Hall–Kier alpha value is -2.37. The highest BCUT2D eigenvalue weighted by molar-refractivity contribution is 6.30. The number of amides is 2. The Balaban J connectivity index is 1.63. The van der Waals surface area contributed by atoms with Crippen molar-refractivity contribution in [2.45, 2.75) is 31.2 Å². The molecule has 1 saturated heterocycles. The van der Waals surface area contributed by atoms with Gasteiger partial charge in [-0.1, -0.05) is 41.9 Å². The Labute approximate surface area is 170 Å². The molecule has 0 aromatic heterocycles. The molecule has 1 aliphatic heterocycles. The predicted molar refractivity (Wildman–Crippen MR) is 110 cm³/mol. The van der Waals surface area contributed by atoms with Gasteiger partial charge in [0.2, 0.25) is 5.91 Å². The molecule has 0 saturated carbocycles. The third-order valence-corrected chi connectivity index (χ3v) is 5.54. The van der Waals surface area contributed by atoms with Gasteiger partial charge in [-0.05, 0) is 49.6 Å². The Morgan fingerprint density at radius 2 is 1.71 bits per heavy atom. The summed E-state index contributed by atoms with van der Waals surface area (Å²) in [4.78, 5) is 24.9. The summed E-state index contributed by atoms with van der Waals surface area (Å²) in [6.45, 7) is 3.48. The maximum Gasteiger partial charge on any atom is 0.251 e. The number of rotatable bonds is 6. The van der Waals surface area contributed by atoms with Crippen LogP contribution in [-0.2, 0) is 14.9 Å². The average molecular weight is 401 g/mol. The van der Waals surface area contributed by atoms with E-state index >= 15 is 0 Å². The lowest BCUT2D eigenvalue weighted by Crippen LogP contribution is -2.50. The zero-order chi connectivity index (χ0) is 20.0. The van der Waals surface area contributed by atoms with Gasteiger partial charge in [0.05, 0.1) is 0 Å². The molecule has 1 fully saturated rings. The first-order valence-electron chi connectivity index (χ1n) is 9.48. The number of carbonyl (C=O) groups excluding carboxylic acids is 2. The molecule has 2 N–H and O–H groups in total. The highest BCUT2D eigenvalue weighted by Crippen LogP contribution is 2.34. The molecule has 3 rings (SSSR count). The molecular formula is C22H25ClN2O3. The topological polar surface area (TPSA) is 67.4 Å².